The number of ether oxygens (including phenoxy) is 1. The van der Waals surface area contributed by atoms with Crippen LogP contribution < -0.4 is 5.73 Å². The fraction of sp³-hybridized carbons (Fsp3) is 0.917. The normalized spacial score (nSPS) is 27.4. The molecule has 0 spiro atoms. The molecule has 94 valence electrons. The summed E-state index contributed by atoms with van der Waals surface area (Å²) in [6.07, 6.45) is 2.54. The van der Waals surface area contributed by atoms with E-state index >= 15 is 0 Å². The quantitative estimate of drug-likeness (QED) is 0.691. The SMILES string of the molecule is CC1(N)CCCN(C(=O)OC(C)(C)C)CC1. The van der Waals surface area contributed by atoms with Crippen LogP contribution in [0.1, 0.15) is 47.0 Å². The van der Waals surface area contributed by atoms with Crippen molar-refractivity contribution >= 4 is 6.09 Å². The van der Waals surface area contributed by atoms with Crippen molar-refractivity contribution in [3.05, 3.63) is 0 Å². The highest BCUT2D eigenvalue weighted by atomic mass is 16.6. The number of hydrogen-bond acceptors (Lipinski definition) is 3. The van der Waals surface area contributed by atoms with Crippen LogP contribution >= 0.6 is 0 Å². The Morgan fingerprint density at radius 2 is 1.94 bits per heavy atom. The van der Waals surface area contributed by atoms with E-state index in [9.17, 15) is 4.79 Å². The van der Waals surface area contributed by atoms with E-state index in [1.807, 2.05) is 27.7 Å². The van der Waals surface area contributed by atoms with Gasteiger partial charge in [0.1, 0.15) is 5.60 Å². The molecule has 16 heavy (non-hydrogen) atoms. The molecule has 0 aromatic carbocycles. The first-order valence-corrected chi connectivity index (χ1v) is 5.96. The summed E-state index contributed by atoms with van der Waals surface area (Å²) in [5.41, 5.74) is 5.53. The summed E-state index contributed by atoms with van der Waals surface area (Å²) in [6, 6.07) is 0. The number of nitrogens with zero attached hydrogens (tertiary/aromatic N) is 1. The molecule has 0 bridgehead atoms. The molecule has 1 saturated heterocycles. The maximum Gasteiger partial charge on any atom is 0.410 e. The standard InChI is InChI=1S/C12H24N2O2/c1-11(2,3)16-10(15)14-8-5-6-12(4,13)7-9-14/h5-9,13H2,1-4H3. The van der Waals surface area contributed by atoms with Gasteiger partial charge < -0.3 is 15.4 Å². The van der Waals surface area contributed by atoms with E-state index in [1.165, 1.54) is 0 Å². The van der Waals surface area contributed by atoms with Crippen LogP contribution in [0.25, 0.3) is 0 Å². The second kappa shape index (κ2) is 4.62. The predicted molar refractivity (Wildman–Crippen MR) is 64.3 cm³/mol. The summed E-state index contributed by atoms with van der Waals surface area (Å²) in [4.78, 5) is 13.6. The predicted octanol–water partition coefficient (Wildman–Crippen LogP) is 2.12. The Bertz CT molecular complexity index is 256. The zero-order valence-electron chi connectivity index (χ0n) is 10.9. The molecule has 0 aromatic rings. The first kappa shape index (κ1) is 13.3. The van der Waals surface area contributed by atoms with Crippen LogP contribution in [0.3, 0.4) is 0 Å². The molecular formula is C12H24N2O2. The van der Waals surface area contributed by atoms with Gasteiger partial charge in [0.05, 0.1) is 0 Å². The maximum absolute atomic E-state index is 11.8. The fourth-order valence-electron chi connectivity index (χ4n) is 1.81. The lowest BCUT2D eigenvalue weighted by molar-refractivity contribution is 0.0255. The van der Waals surface area contributed by atoms with Gasteiger partial charge in [0.2, 0.25) is 0 Å². The molecule has 4 nitrogen and oxygen atoms in total. The first-order valence-electron chi connectivity index (χ1n) is 5.96. The van der Waals surface area contributed by atoms with Crippen molar-refractivity contribution in [3.63, 3.8) is 0 Å². The number of rotatable bonds is 0. The number of nitrogens with two attached hydrogens (primary N) is 1. The van der Waals surface area contributed by atoms with Crippen LogP contribution in [0.5, 0.6) is 0 Å². The van der Waals surface area contributed by atoms with Crippen molar-refractivity contribution < 1.29 is 9.53 Å². The lowest BCUT2D eigenvalue weighted by Crippen LogP contribution is -2.40. The Morgan fingerprint density at radius 1 is 1.31 bits per heavy atom. The van der Waals surface area contributed by atoms with E-state index < -0.39 is 5.60 Å². The monoisotopic (exact) mass is 228 g/mol. The van der Waals surface area contributed by atoms with Crippen LogP contribution in [-0.2, 0) is 4.74 Å². The highest BCUT2D eigenvalue weighted by Crippen LogP contribution is 2.20. The van der Waals surface area contributed by atoms with E-state index in [0.29, 0.717) is 6.54 Å². The van der Waals surface area contributed by atoms with Crippen molar-refractivity contribution in [2.45, 2.75) is 58.1 Å². The Morgan fingerprint density at radius 3 is 2.50 bits per heavy atom. The highest BCUT2D eigenvalue weighted by Gasteiger charge is 2.28. The summed E-state index contributed by atoms with van der Waals surface area (Å²) < 4.78 is 5.35. The molecule has 0 aromatic heterocycles. The molecule has 1 fully saturated rings. The summed E-state index contributed by atoms with van der Waals surface area (Å²) >= 11 is 0. The van der Waals surface area contributed by atoms with Gasteiger partial charge in [0, 0.05) is 18.6 Å². The smallest absolute Gasteiger partial charge is 0.410 e. The van der Waals surface area contributed by atoms with E-state index in [2.05, 4.69) is 0 Å². The van der Waals surface area contributed by atoms with Crippen LogP contribution in [0.4, 0.5) is 4.79 Å². The van der Waals surface area contributed by atoms with Crippen LogP contribution in [0, 0.1) is 0 Å². The molecular weight excluding hydrogens is 204 g/mol. The minimum atomic E-state index is -0.421. The van der Waals surface area contributed by atoms with Crippen LogP contribution in [0.2, 0.25) is 0 Å². The molecule has 1 amide bonds. The van der Waals surface area contributed by atoms with E-state index in [-0.39, 0.29) is 11.6 Å². The Labute approximate surface area is 98.1 Å². The second-order valence-electron chi connectivity index (χ2n) is 5.97. The Kier molecular flexibility index (Phi) is 3.84. The molecule has 0 aliphatic carbocycles. The van der Waals surface area contributed by atoms with Crippen LogP contribution in [0.15, 0.2) is 0 Å². The molecule has 1 atom stereocenters. The lowest BCUT2D eigenvalue weighted by Gasteiger charge is -2.27. The molecule has 1 unspecified atom stereocenters. The maximum atomic E-state index is 11.8. The largest absolute Gasteiger partial charge is 0.444 e. The van der Waals surface area contributed by atoms with Gasteiger partial charge in [-0.15, -0.1) is 0 Å². The summed E-state index contributed by atoms with van der Waals surface area (Å²) in [6.45, 7) is 9.15. The zero-order valence-corrected chi connectivity index (χ0v) is 10.9. The Hall–Kier alpha value is -0.770. The van der Waals surface area contributed by atoms with Crippen molar-refractivity contribution in [3.8, 4) is 0 Å². The molecule has 1 heterocycles. The Balaban J connectivity index is 2.52. The van der Waals surface area contributed by atoms with E-state index in [1.54, 1.807) is 4.90 Å². The van der Waals surface area contributed by atoms with Gasteiger partial charge in [0.15, 0.2) is 0 Å². The lowest BCUT2D eigenvalue weighted by atomic mass is 9.95. The number of likely N-dealkylation sites (tertiary alicyclic amines) is 1. The van der Waals surface area contributed by atoms with Gasteiger partial charge in [-0.3, -0.25) is 0 Å². The summed E-state index contributed by atoms with van der Waals surface area (Å²) in [5.74, 6) is 0. The average molecular weight is 228 g/mol. The third kappa shape index (κ3) is 4.39. The first-order chi connectivity index (χ1) is 7.20. The molecule has 1 aliphatic rings. The molecule has 2 N–H and O–H groups in total. The molecule has 0 radical (unpaired) electrons. The third-order valence-electron chi connectivity index (χ3n) is 2.78. The van der Waals surface area contributed by atoms with E-state index in [4.69, 9.17) is 10.5 Å². The zero-order chi connectivity index (χ0) is 12.4. The van der Waals surface area contributed by atoms with Crippen molar-refractivity contribution in [2.75, 3.05) is 13.1 Å². The van der Waals surface area contributed by atoms with Crippen molar-refractivity contribution in [2.24, 2.45) is 5.73 Å². The minimum Gasteiger partial charge on any atom is -0.444 e. The molecule has 4 heteroatoms. The highest BCUT2D eigenvalue weighted by molar-refractivity contribution is 5.68. The topological polar surface area (TPSA) is 55.6 Å². The van der Waals surface area contributed by atoms with Gasteiger partial charge in [0.25, 0.3) is 0 Å². The van der Waals surface area contributed by atoms with Gasteiger partial charge in [-0.05, 0) is 47.0 Å². The van der Waals surface area contributed by atoms with Gasteiger partial charge in [-0.2, -0.15) is 0 Å². The number of amides is 1. The summed E-state index contributed by atoms with van der Waals surface area (Å²) in [5, 5.41) is 0. The number of carbonyl (C=O) groups excluding carboxylic acids is 1. The van der Waals surface area contributed by atoms with Crippen molar-refractivity contribution in [1.29, 1.82) is 0 Å². The second-order valence-corrected chi connectivity index (χ2v) is 5.97. The van der Waals surface area contributed by atoms with E-state index in [0.717, 1.165) is 25.8 Å². The minimum absolute atomic E-state index is 0.142. The number of hydrogen-bond donors (Lipinski definition) is 1. The average Bonchev–Trinajstić information content (AvgIpc) is 2.23. The van der Waals surface area contributed by atoms with Gasteiger partial charge in [-0.25, -0.2) is 4.79 Å². The molecule has 1 aliphatic heterocycles. The van der Waals surface area contributed by atoms with Gasteiger partial charge >= 0.3 is 6.09 Å². The van der Waals surface area contributed by atoms with Crippen molar-refractivity contribution in [1.82, 2.24) is 4.90 Å². The molecule has 0 saturated carbocycles. The summed E-state index contributed by atoms with van der Waals surface area (Å²) in [7, 11) is 0. The fourth-order valence-corrected chi connectivity index (χ4v) is 1.81. The van der Waals surface area contributed by atoms with Crippen LogP contribution in [-0.4, -0.2) is 35.2 Å². The number of carbonyl (C=O) groups is 1. The third-order valence-corrected chi connectivity index (χ3v) is 2.78. The molecule has 1 rings (SSSR count). The van der Waals surface area contributed by atoms with Gasteiger partial charge in [-0.1, -0.05) is 0 Å².